The highest BCUT2D eigenvalue weighted by Gasteiger charge is 2.15. The fourth-order valence-electron chi connectivity index (χ4n) is 2.61. The number of benzene rings is 2. The van der Waals surface area contributed by atoms with Crippen LogP contribution in [0.2, 0.25) is 0 Å². The summed E-state index contributed by atoms with van der Waals surface area (Å²) in [5, 5.41) is 12.7. The number of tetrazole rings is 1. The summed E-state index contributed by atoms with van der Waals surface area (Å²) in [4.78, 5) is 4.54. The van der Waals surface area contributed by atoms with Gasteiger partial charge in [0, 0.05) is 11.3 Å². The van der Waals surface area contributed by atoms with Gasteiger partial charge in [-0.25, -0.2) is 4.98 Å². The third kappa shape index (κ3) is 3.70. The second-order valence-corrected chi connectivity index (χ2v) is 6.79. The molecule has 0 fully saturated rings. The Balaban J connectivity index is 1.54. The Morgan fingerprint density at radius 2 is 2.00 bits per heavy atom. The fourth-order valence-corrected chi connectivity index (χ4v) is 3.37. The summed E-state index contributed by atoms with van der Waals surface area (Å²) >= 11 is 1.48. The molecule has 0 saturated carbocycles. The maximum atomic E-state index is 5.58. The number of ether oxygens (including phenoxy) is 1. The van der Waals surface area contributed by atoms with Gasteiger partial charge >= 0.3 is 0 Å². The van der Waals surface area contributed by atoms with Gasteiger partial charge in [-0.05, 0) is 47.2 Å². The van der Waals surface area contributed by atoms with Crippen LogP contribution >= 0.6 is 11.8 Å². The highest BCUT2D eigenvalue weighted by molar-refractivity contribution is 7.98. The second-order valence-electron chi connectivity index (χ2n) is 5.85. The molecule has 4 rings (SSSR count). The molecule has 0 aliphatic rings. The van der Waals surface area contributed by atoms with Crippen LogP contribution in [-0.2, 0) is 5.75 Å². The first-order valence-corrected chi connectivity index (χ1v) is 9.29. The lowest BCUT2D eigenvalue weighted by Gasteiger charge is -2.10. The molecule has 2 heterocycles. The van der Waals surface area contributed by atoms with E-state index in [0.717, 1.165) is 22.5 Å². The zero-order valence-corrected chi connectivity index (χ0v) is 15.7. The van der Waals surface area contributed by atoms with E-state index < -0.39 is 0 Å². The zero-order chi connectivity index (χ0) is 18.6. The van der Waals surface area contributed by atoms with Gasteiger partial charge in [-0.1, -0.05) is 36.0 Å². The van der Waals surface area contributed by atoms with Gasteiger partial charge in [-0.2, -0.15) is 4.68 Å². The molecular weight excluding hydrogens is 362 g/mol. The Hall–Kier alpha value is -3.13. The van der Waals surface area contributed by atoms with Crippen LogP contribution in [0.25, 0.3) is 17.1 Å². The van der Waals surface area contributed by atoms with Crippen molar-refractivity contribution in [2.24, 2.45) is 0 Å². The predicted octanol–water partition coefficient (Wildman–Crippen LogP) is 3.93. The molecule has 0 atom stereocenters. The highest BCUT2D eigenvalue weighted by atomic mass is 32.2. The van der Waals surface area contributed by atoms with Gasteiger partial charge in [-0.15, -0.1) is 5.10 Å². The van der Waals surface area contributed by atoms with Gasteiger partial charge in [0.2, 0.25) is 11.0 Å². The second kappa shape index (κ2) is 7.63. The molecule has 0 aliphatic heterocycles. The van der Waals surface area contributed by atoms with Crippen LogP contribution in [0.4, 0.5) is 0 Å². The lowest BCUT2D eigenvalue weighted by atomic mass is 10.2. The minimum absolute atomic E-state index is 0.588. The SMILES string of the molecule is COc1ccc(C)cc1-n1nnnc1SCc1coc(-c2ccccc2)n1. The Morgan fingerprint density at radius 3 is 2.81 bits per heavy atom. The van der Waals surface area contributed by atoms with Crippen LogP contribution in [0.3, 0.4) is 0 Å². The topological polar surface area (TPSA) is 78.9 Å². The standard InChI is InChI=1S/C19H17N5O2S/c1-13-8-9-17(25-2)16(10-13)24-19(21-22-23-24)27-12-15-11-26-18(20-15)14-6-4-3-5-7-14/h3-11H,12H2,1-2H3. The summed E-state index contributed by atoms with van der Waals surface area (Å²) in [6, 6.07) is 15.7. The number of thioether (sulfide) groups is 1. The van der Waals surface area contributed by atoms with E-state index in [-0.39, 0.29) is 0 Å². The highest BCUT2D eigenvalue weighted by Crippen LogP contribution is 2.29. The number of rotatable bonds is 6. The smallest absolute Gasteiger partial charge is 0.226 e. The molecule has 4 aromatic rings. The van der Waals surface area contributed by atoms with E-state index in [2.05, 4.69) is 20.5 Å². The average Bonchev–Trinajstić information content (AvgIpc) is 3.36. The van der Waals surface area contributed by atoms with E-state index in [1.165, 1.54) is 11.8 Å². The van der Waals surface area contributed by atoms with Crippen LogP contribution in [0.15, 0.2) is 64.4 Å². The number of methoxy groups -OCH3 is 1. The van der Waals surface area contributed by atoms with Gasteiger partial charge < -0.3 is 9.15 Å². The monoisotopic (exact) mass is 379 g/mol. The molecule has 136 valence electrons. The Morgan fingerprint density at radius 1 is 1.15 bits per heavy atom. The van der Waals surface area contributed by atoms with Crippen molar-refractivity contribution in [1.29, 1.82) is 0 Å². The molecule has 0 bridgehead atoms. The predicted molar refractivity (Wildman–Crippen MR) is 102 cm³/mol. The molecule has 8 heteroatoms. The van der Waals surface area contributed by atoms with Crippen molar-refractivity contribution < 1.29 is 9.15 Å². The summed E-state index contributed by atoms with van der Waals surface area (Å²) < 4.78 is 12.7. The fraction of sp³-hybridized carbons (Fsp3) is 0.158. The first-order chi connectivity index (χ1) is 13.2. The molecule has 0 saturated heterocycles. The Bertz CT molecular complexity index is 1050. The molecule has 2 aromatic carbocycles. The first kappa shape index (κ1) is 17.3. The number of aromatic nitrogens is 5. The molecule has 0 radical (unpaired) electrons. The molecule has 7 nitrogen and oxygen atoms in total. The lowest BCUT2D eigenvalue weighted by molar-refractivity contribution is 0.410. The third-order valence-electron chi connectivity index (χ3n) is 3.93. The minimum atomic E-state index is 0.588. The van der Waals surface area contributed by atoms with E-state index >= 15 is 0 Å². The average molecular weight is 379 g/mol. The summed E-state index contributed by atoms with van der Waals surface area (Å²) in [7, 11) is 1.63. The van der Waals surface area contributed by atoms with Crippen molar-refractivity contribution in [2.75, 3.05) is 7.11 Å². The van der Waals surface area contributed by atoms with E-state index in [4.69, 9.17) is 9.15 Å². The van der Waals surface area contributed by atoms with Gasteiger partial charge in [0.15, 0.2) is 0 Å². The molecule has 0 unspecified atom stereocenters. The first-order valence-electron chi connectivity index (χ1n) is 8.30. The summed E-state index contributed by atoms with van der Waals surface area (Å²) in [6.07, 6.45) is 1.66. The van der Waals surface area contributed by atoms with Crippen molar-refractivity contribution in [3.8, 4) is 22.9 Å². The number of hydrogen-bond acceptors (Lipinski definition) is 7. The maximum Gasteiger partial charge on any atom is 0.226 e. The number of hydrogen-bond donors (Lipinski definition) is 0. The van der Waals surface area contributed by atoms with Crippen molar-refractivity contribution in [3.63, 3.8) is 0 Å². The lowest BCUT2D eigenvalue weighted by Crippen LogP contribution is -2.02. The van der Waals surface area contributed by atoms with Crippen LogP contribution < -0.4 is 4.74 Å². The third-order valence-corrected chi connectivity index (χ3v) is 4.88. The van der Waals surface area contributed by atoms with E-state index in [9.17, 15) is 0 Å². The molecular formula is C19H17N5O2S. The van der Waals surface area contributed by atoms with Gasteiger partial charge in [0.05, 0.1) is 12.8 Å². The molecule has 0 N–H and O–H groups in total. The van der Waals surface area contributed by atoms with E-state index in [0.29, 0.717) is 22.5 Å². The Labute approximate surface area is 160 Å². The van der Waals surface area contributed by atoms with Gasteiger partial charge in [0.25, 0.3) is 0 Å². The minimum Gasteiger partial charge on any atom is -0.494 e. The van der Waals surface area contributed by atoms with Crippen LogP contribution in [-0.4, -0.2) is 32.3 Å². The maximum absolute atomic E-state index is 5.58. The van der Waals surface area contributed by atoms with Crippen LogP contribution in [0, 0.1) is 6.92 Å². The quantitative estimate of drug-likeness (QED) is 0.470. The molecule has 0 spiro atoms. The molecule has 27 heavy (non-hydrogen) atoms. The van der Waals surface area contributed by atoms with Gasteiger partial charge in [0.1, 0.15) is 17.7 Å². The summed E-state index contributed by atoms with van der Waals surface area (Å²) in [6.45, 7) is 2.01. The molecule has 0 aliphatic carbocycles. The normalized spacial score (nSPS) is 10.9. The van der Waals surface area contributed by atoms with Crippen molar-refractivity contribution in [2.45, 2.75) is 17.8 Å². The van der Waals surface area contributed by atoms with Crippen molar-refractivity contribution >= 4 is 11.8 Å². The van der Waals surface area contributed by atoms with E-state index in [1.807, 2.05) is 55.5 Å². The van der Waals surface area contributed by atoms with Crippen molar-refractivity contribution in [3.05, 3.63) is 66.1 Å². The van der Waals surface area contributed by atoms with Crippen molar-refractivity contribution in [1.82, 2.24) is 25.2 Å². The number of oxazole rings is 1. The van der Waals surface area contributed by atoms with Gasteiger partial charge in [-0.3, -0.25) is 0 Å². The summed E-state index contributed by atoms with van der Waals surface area (Å²) in [5.74, 6) is 1.90. The summed E-state index contributed by atoms with van der Waals surface area (Å²) in [5.41, 5.74) is 3.67. The molecule has 2 aromatic heterocycles. The number of aryl methyl sites for hydroxylation is 1. The van der Waals surface area contributed by atoms with E-state index in [1.54, 1.807) is 18.1 Å². The van der Waals surface area contributed by atoms with Crippen LogP contribution in [0.1, 0.15) is 11.3 Å². The molecule has 0 amide bonds. The van der Waals surface area contributed by atoms with Crippen LogP contribution in [0.5, 0.6) is 5.75 Å². The number of nitrogens with zero attached hydrogens (tertiary/aromatic N) is 5. The zero-order valence-electron chi connectivity index (χ0n) is 14.9. The largest absolute Gasteiger partial charge is 0.494 e. The Kier molecular flexibility index (Phi) is 4.88.